The summed E-state index contributed by atoms with van der Waals surface area (Å²) in [5, 5.41) is 9.33. The molecule has 6 nitrogen and oxygen atoms in total. The van der Waals surface area contributed by atoms with Crippen molar-refractivity contribution in [2.24, 2.45) is 0 Å². The minimum absolute atomic E-state index is 0.141. The summed E-state index contributed by atoms with van der Waals surface area (Å²) >= 11 is 0. The van der Waals surface area contributed by atoms with Crippen molar-refractivity contribution in [1.82, 2.24) is 19.4 Å². The molecule has 3 aromatic heterocycles. The molecular weight excluding hydrogens is 256 g/mol. The summed E-state index contributed by atoms with van der Waals surface area (Å²) in [6.07, 6.45) is 3.35. The molecule has 0 aliphatic heterocycles. The van der Waals surface area contributed by atoms with Gasteiger partial charge in [-0.2, -0.15) is 0 Å². The molecule has 100 valence electrons. The Bertz CT molecular complexity index is 809. The molecule has 3 rings (SSSR count). The minimum Gasteiger partial charge on any atom is -0.477 e. The summed E-state index contributed by atoms with van der Waals surface area (Å²) in [6.45, 7) is 3.43. The topological polar surface area (TPSA) is 80.4 Å². The van der Waals surface area contributed by atoms with Crippen molar-refractivity contribution in [3.05, 3.63) is 47.8 Å². The standard InChI is InChI=1S/C14H12N4O2/c1-8-12(14(19)20)18-9(2)16-7-10(13(18)17-8)11-5-3-4-6-15-11/h3-7H,1-2H3,(H,19,20). The third-order valence-electron chi connectivity index (χ3n) is 3.14. The van der Waals surface area contributed by atoms with Crippen LogP contribution in [-0.2, 0) is 0 Å². The first-order valence-electron chi connectivity index (χ1n) is 6.09. The van der Waals surface area contributed by atoms with Crippen LogP contribution in [-0.4, -0.2) is 30.4 Å². The van der Waals surface area contributed by atoms with E-state index in [-0.39, 0.29) is 5.69 Å². The molecule has 0 aromatic carbocycles. The van der Waals surface area contributed by atoms with Crippen LogP contribution in [0.1, 0.15) is 22.0 Å². The van der Waals surface area contributed by atoms with Crippen molar-refractivity contribution in [2.45, 2.75) is 13.8 Å². The van der Waals surface area contributed by atoms with Crippen LogP contribution in [0, 0.1) is 13.8 Å². The van der Waals surface area contributed by atoms with Crippen molar-refractivity contribution in [2.75, 3.05) is 0 Å². The summed E-state index contributed by atoms with van der Waals surface area (Å²) in [6, 6.07) is 5.53. The van der Waals surface area contributed by atoms with Gasteiger partial charge in [-0.05, 0) is 26.0 Å². The van der Waals surface area contributed by atoms with Crippen molar-refractivity contribution >= 4 is 11.6 Å². The normalized spacial score (nSPS) is 10.9. The zero-order valence-corrected chi connectivity index (χ0v) is 11.0. The molecule has 0 amide bonds. The molecule has 6 heteroatoms. The van der Waals surface area contributed by atoms with Crippen molar-refractivity contribution in [3.63, 3.8) is 0 Å². The lowest BCUT2D eigenvalue weighted by Gasteiger charge is -2.06. The van der Waals surface area contributed by atoms with E-state index < -0.39 is 5.97 Å². The number of hydrogen-bond acceptors (Lipinski definition) is 4. The third kappa shape index (κ3) is 1.73. The molecule has 1 N–H and O–H groups in total. The van der Waals surface area contributed by atoms with Crippen molar-refractivity contribution in [1.29, 1.82) is 0 Å². The number of fused-ring (bicyclic) bond motifs is 1. The Balaban J connectivity index is 2.40. The summed E-state index contributed by atoms with van der Waals surface area (Å²) < 4.78 is 1.56. The van der Waals surface area contributed by atoms with Gasteiger partial charge in [-0.15, -0.1) is 0 Å². The second-order valence-corrected chi connectivity index (χ2v) is 4.44. The Morgan fingerprint density at radius 2 is 2.05 bits per heavy atom. The third-order valence-corrected chi connectivity index (χ3v) is 3.14. The quantitative estimate of drug-likeness (QED) is 0.769. The fourth-order valence-electron chi connectivity index (χ4n) is 2.25. The van der Waals surface area contributed by atoms with E-state index in [1.165, 1.54) is 0 Å². The van der Waals surface area contributed by atoms with Crippen molar-refractivity contribution < 1.29 is 9.90 Å². The highest BCUT2D eigenvalue weighted by Gasteiger charge is 2.20. The SMILES string of the molecule is Cc1nc2c(-c3ccccn3)cnc(C)n2c1C(=O)O. The second-order valence-electron chi connectivity index (χ2n) is 4.44. The molecule has 3 aromatic rings. The first-order chi connectivity index (χ1) is 9.59. The van der Waals surface area contributed by atoms with E-state index in [2.05, 4.69) is 15.0 Å². The smallest absolute Gasteiger partial charge is 0.354 e. The summed E-state index contributed by atoms with van der Waals surface area (Å²) in [5.74, 6) is -0.434. The Hall–Kier alpha value is -2.76. The zero-order valence-electron chi connectivity index (χ0n) is 11.0. The molecular formula is C14H12N4O2. The molecule has 0 atom stereocenters. The highest BCUT2D eigenvalue weighted by molar-refractivity contribution is 5.90. The van der Waals surface area contributed by atoms with Gasteiger partial charge in [-0.25, -0.2) is 14.8 Å². The van der Waals surface area contributed by atoms with Crippen molar-refractivity contribution in [3.8, 4) is 11.3 Å². The summed E-state index contributed by atoms with van der Waals surface area (Å²) in [4.78, 5) is 24.3. The van der Waals surface area contributed by atoms with Crippen LogP contribution in [0.4, 0.5) is 0 Å². The van der Waals surface area contributed by atoms with Gasteiger partial charge in [0, 0.05) is 12.4 Å². The van der Waals surface area contributed by atoms with E-state index >= 15 is 0 Å². The largest absolute Gasteiger partial charge is 0.477 e. The lowest BCUT2D eigenvalue weighted by molar-refractivity contribution is 0.0688. The van der Waals surface area contributed by atoms with Crippen LogP contribution in [0.15, 0.2) is 30.6 Å². The number of nitrogens with zero attached hydrogens (tertiary/aromatic N) is 4. The second kappa shape index (κ2) is 4.41. The molecule has 20 heavy (non-hydrogen) atoms. The van der Waals surface area contributed by atoms with Gasteiger partial charge in [-0.1, -0.05) is 6.07 Å². The van der Waals surface area contributed by atoms with Gasteiger partial charge in [0.1, 0.15) is 11.5 Å². The van der Waals surface area contributed by atoms with Crippen LogP contribution in [0.3, 0.4) is 0 Å². The number of rotatable bonds is 2. The predicted octanol–water partition coefficient (Wildman–Crippen LogP) is 2.11. The maximum Gasteiger partial charge on any atom is 0.354 e. The maximum atomic E-state index is 11.4. The average Bonchev–Trinajstić information content (AvgIpc) is 2.78. The summed E-state index contributed by atoms with van der Waals surface area (Å²) in [7, 11) is 0. The Kier molecular flexibility index (Phi) is 2.71. The Morgan fingerprint density at radius 3 is 2.70 bits per heavy atom. The molecule has 0 saturated carbocycles. The first kappa shape index (κ1) is 12.3. The molecule has 0 bridgehead atoms. The van der Waals surface area contributed by atoms with E-state index in [4.69, 9.17) is 0 Å². The Morgan fingerprint density at radius 1 is 1.25 bits per heavy atom. The number of pyridine rings is 1. The zero-order chi connectivity index (χ0) is 14.3. The number of carbonyl (C=O) groups is 1. The van der Waals surface area contributed by atoms with Gasteiger partial charge in [0.05, 0.1) is 17.0 Å². The number of aromatic nitrogens is 4. The van der Waals surface area contributed by atoms with Gasteiger partial charge in [0.25, 0.3) is 0 Å². The van der Waals surface area contributed by atoms with Crippen LogP contribution >= 0.6 is 0 Å². The Labute approximate surface area is 114 Å². The molecule has 3 heterocycles. The van der Waals surface area contributed by atoms with E-state index in [1.807, 2.05) is 18.2 Å². The average molecular weight is 268 g/mol. The molecule has 0 fully saturated rings. The predicted molar refractivity (Wildman–Crippen MR) is 72.7 cm³/mol. The van der Waals surface area contributed by atoms with Gasteiger partial charge >= 0.3 is 5.97 Å². The highest BCUT2D eigenvalue weighted by Crippen LogP contribution is 2.24. The fourth-order valence-corrected chi connectivity index (χ4v) is 2.25. The number of hydrogen-bond donors (Lipinski definition) is 1. The van der Waals surface area contributed by atoms with E-state index in [0.717, 1.165) is 0 Å². The number of carboxylic acids is 1. The molecule has 0 aliphatic carbocycles. The lowest BCUT2D eigenvalue weighted by Crippen LogP contribution is -2.07. The van der Waals surface area contributed by atoms with Gasteiger partial charge in [0.15, 0.2) is 5.69 Å². The van der Waals surface area contributed by atoms with E-state index in [9.17, 15) is 9.90 Å². The van der Waals surface area contributed by atoms with Gasteiger partial charge < -0.3 is 5.11 Å². The molecule has 0 aliphatic rings. The number of imidazole rings is 1. The molecule has 0 radical (unpaired) electrons. The number of aromatic carboxylic acids is 1. The fraction of sp³-hybridized carbons (Fsp3) is 0.143. The minimum atomic E-state index is -1.02. The van der Waals surface area contributed by atoms with E-state index in [1.54, 1.807) is 30.6 Å². The van der Waals surface area contributed by atoms with Crippen LogP contribution in [0.25, 0.3) is 16.9 Å². The monoisotopic (exact) mass is 268 g/mol. The molecule has 0 spiro atoms. The lowest BCUT2D eigenvalue weighted by atomic mass is 10.2. The maximum absolute atomic E-state index is 11.4. The van der Waals surface area contributed by atoms with Crippen LogP contribution in [0.5, 0.6) is 0 Å². The van der Waals surface area contributed by atoms with Gasteiger partial charge in [0.2, 0.25) is 0 Å². The van der Waals surface area contributed by atoms with Gasteiger partial charge in [-0.3, -0.25) is 9.38 Å². The van der Waals surface area contributed by atoms with Crippen LogP contribution in [0.2, 0.25) is 0 Å². The molecule has 0 unspecified atom stereocenters. The first-order valence-corrected chi connectivity index (χ1v) is 6.09. The number of aryl methyl sites for hydroxylation is 2. The summed E-state index contributed by atoms with van der Waals surface area (Å²) in [5.41, 5.74) is 2.60. The number of carboxylic acid groups (broad SMARTS) is 1. The van der Waals surface area contributed by atoms with E-state index in [0.29, 0.717) is 28.4 Å². The highest BCUT2D eigenvalue weighted by atomic mass is 16.4. The molecule has 0 saturated heterocycles. The van der Waals surface area contributed by atoms with Crippen LogP contribution < -0.4 is 0 Å².